The van der Waals surface area contributed by atoms with Gasteiger partial charge < -0.3 is 10.1 Å². The highest BCUT2D eigenvalue weighted by Crippen LogP contribution is 2.15. The number of carbonyl (C=O) groups is 1. The monoisotopic (exact) mass is 280 g/mol. The molecule has 0 heterocycles. The molecule has 4 nitrogen and oxygen atoms in total. The van der Waals surface area contributed by atoms with Gasteiger partial charge in [-0.2, -0.15) is 0 Å². The van der Waals surface area contributed by atoms with Crippen molar-refractivity contribution in [1.82, 2.24) is 5.32 Å². The summed E-state index contributed by atoms with van der Waals surface area (Å²) in [4.78, 5) is 15.8. The fraction of sp³-hybridized carbons (Fsp3) is 0.429. The predicted molar refractivity (Wildman–Crippen MR) is 80.7 cm³/mol. The second-order valence-electron chi connectivity index (χ2n) is 3.79. The van der Waals surface area contributed by atoms with Gasteiger partial charge in [0.15, 0.2) is 5.17 Å². The van der Waals surface area contributed by atoms with E-state index in [1.165, 1.54) is 7.11 Å². The molecule has 0 radical (unpaired) electrons. The van der Waals surface area contributed by atoms with Crippen molar-refractivity contribution in [1.29, 1.82) is 0 Å². The van der Waals surface area contributed by atoms with Crippen LogP contribution in [0.3, 0.4) is 0 Å². The van der Waals surface area contributed by atoms with Crippen molar-refractivity contribution in [3.05, 3.63) is 35.4 Å². The van der Waals surface area contributed by atoms with Gasteiger partial charge in [0.25, 0.3) is 0 Å². The van der Waals surface area contributed by atoms with Gasteiger partial charge >= 0.3 is 5.97 Å². The van der Waals surface area contributed by atoms with Gasteiger partial charge in [0.1, 0.15) is 0 Å². The second-order valence-corrected chi connectivity index (χ2v) is 4.75. The Bertz CT molecular complexity index is 447. The van der Waals surface area contributed by atoms with Crippen LogP contribution < -0.4 is 5.32 Å². The Labute approximate surface area is 118 Å². The quantitative estimate of drug-likeness (QED) is 0.512. The highest BCUT2D eigenvalue weighted by Gasteiger charge is 2.06. The van der Waals surface area contributed by atoms with Crippen LogP contribution in [0.4, 0.5) is 0 Å². The number of nitrogens with zero attached hydrogens (tertiary/aromatic N) is 1. The Balaban J connectivity index is 2.66. The molecule has 0 aromatic heterocycles. The number of ether oxygens (including phenoxy) is 1. The zero-order valence-corrected chi connectivity index (χ0v) is 12.4. The van der Waals surface area contributed by atoms with E-state index in [2.05, 4.69) is 10.3 Å². The van der Waals surface area contributed by atoms with Gasteiger partial charge in [-0.1, -0.05) is 23.9 Å². The van der Waals surface area contributed by atoms with Crippen molar-refractivity contribution in [2.24, 2.45) is 4.99 Å². The summed E-state index contributed by atoms with van der Waals surface area (Å²) in [5.41, 5.74) is 1.66. The molecule has 104 valence electrons. The number of amidine groups is 1. The lowest BCUT2D eigenvalue weighted by Gasteiger charge is -2.08. The third-order valence-corrected chi connectivity index (χ3v) is 3.38. The molecule has 0 fully saturated rings. The smallest absolute Gasteiger partial charge is 0.337 e. The zero-order chi connectivity index (χ0) is 14.1. The maximum Gasteiger partial charge on any atom is 0.337 e. The molecule has 0 atom stereocenters. The first-order chi connectivity index (χ1) is 9.21. The normalized spacial score (nSPS) is 11.2. The summed E-state index contributed by atoms with van der Waals surface area (Å²) in [7, 11) is 1.39. The first-order valence-electron chi connectivity index (χ1n) is 6.29. The molecule has 1 aromatic rings. The minimum absolute atomic E-state index is 0.305. The van der Waals surface area contributed by atoms with Crippen molar-refractivity contribution in [3.63, 3.8) is 0 Å². The number of benzene rings is 1. The second kappa shape index (κ2) is 8.58. The van der Waals surface area contributed by atoms with Gasteiger partial charge in [-0.15, -0.1) is 0 Å². The van der Waals surface area contributed by atoms with Gasteiger partial charge in [-0.25, -0.2) is 4.79 Å². The van der Waals surface area contributed by atoms with Crippen LogP contribution in [0.5, 0.6) is 0 Å². The fourth-order valence-electron chi connectivity index (χ4n) is 1.51. The minimum atomic E-state index is -0.305. The van der Waals surface area contributed by atoms with Crippen molar-refractivity contribution < 1.29 is 9.53 Å². The molecule has 5 heteroatoms. The van der Waals surface area contributed by atoms with E-state index in [4.69, 9.17) is 4.74 Å². The first kappa shape index (κ1) is 15.6. The fourth-order valence-corrected chi connectivity index (χ4v) is 2.45. The molecule has 0 aliphatic carbocycles. The Morgan fingerprint density at radius 3 is 2.84 bits per heavy atom. The molecule has 0 saturated heterocycles. The number of thioether (sulfide) groups is 1. The summed E-state index contributed by atoms with van der Waals surface area (Å²) in [5.74, 6) is 0.470. The molecule has 0 aliphatic rings. The third-order valence-electron chi connectivity index (χ3n) is 2.35. The lowest BCUT2D eigenvalue weighted by atomic mass is 10.1. The Morgan fingerprint density at radius 2 is 2.21 bits per heavy atom. The Kier molecular flexibility index (Phi) is 7.03. The number of hydrogen-bond donors (Lipinski definition) is 1. The van der Waals surface area contributed by atoms with Crippen molar-refractivity contribution in [2.45, 2.75) is 19.6 Å². The van der Waals surface area contributed by atoms with Crippen LogP contribution in [0, 0.1) is 0 Å². The number of carbonyl (C=O) groups excluding carboxylic acids is 1. The summed E-state index contributed by atoms with van der Waals surface area (Å²) in [6.07, 6.45) is 0. The molecule has 1 N–H and O–H groups in total. The van der Waals surface area contributed by atoms with Crippen LogP contribution in [-0.2, 0) is 10.5 Å². The van der Waals surface area contributed by atoms with Crippen LogP contribution in [0.2, 0.25) is 0 Å². The minimum Gasteiger partial charge on any atom is -0.465 e. The van der Waals surface area contributed by atoms with E-state index in [1.807, 2.05) is 32.0 Å². The van der Waals surface area contributed by atoms with Crippen molar-refractivity contribution in [2.75, 3.05) is 20.2 Å². The number of rotatable bonds is 5. The third kappa shape index (κ3) is 5.34. The Morgan fingerprint density at radius 1 is 1.42 bits per heavy atom. The summed E-state index contributed by atoms with van der Waals surface area (Å²) in [5, 5.41) is 4.16. The predicted octanol–water partition coefficient (Wildman–Crippen LogP) is 2.69. The van der Waals surface area contributed by atoms with Gasteiger partial charge in [0.2, 0.25) is 0 Å². The summed E-state index contributed by atoms with van der Waals surface area (Å²) in [6.45, 7) is 5.67. The van der Waals surface area contributed by atoms with Gasteiger partial charge in [0, 0.05) is 18.8 Å². The molecule has 1 aromatic carbocycles. The molecule has 0 unspecified atom stereocenters. The van der Waals surface area contributed by atoms with Crippen LogP contribution in [0.1, 0.15) is 29.8 Å². The molecule has 0 spiro atoms. The summed E-state index contributed by atoms with van der Waals surface area (Å²) in [6, 6.07) is 7.47. The van der Waals surface area contributed by atoms with E-state index in [0.29, 0.717) is 5.56 Å². The lowest BCUT2D eigenvalue weighted by molar-refractivity contribution is 0.0600. The van der Waals surface area contributed by atoms with Crippen LogP contribution in [-0.4, -0.2) is 31.3 Å². The zero-order valence-electron chi connectivity index (χ0n) is 11.6. The molecule has 0 bridgehead atoms. The average molecular weight is 280 g/mol. The summed E-state index contributed by atoms with van der Waals surface area (Å²) >= 11 is 1.64. The van der Waals surface area contributed by atoms with Gasteiger partial charge in [-0.3, -0.25) is 4.99 Å². The van der Waals surface area contributed by atoms with E-state index in [0.717, 1.165) is 29.6 Å². The maximum absolute atomic E-state index is 11.4. The molecule has 0 aliphatic heterocycles. The number of nitrogens with one attached hydrogen (secondary N) is 1. The standard InChI is InChI=1S/C14H20N2O2S/c1-4-15-14(16-5-2)19-10-11-7-6-8-12(9-11)13(17)18-3/h6-9H,4-5,10H2,1-3H3,(H,15,16). The van der Waals surface area contributed by atoms with Crippen LogP contribution in [0.25, 0.3) is 0 Å². The van der Waals surface area contributed by atoms with Gasteiger partial charge in [-0.05, 0) is 31.5 Å². The molecule has 1 rings (SSSR count). The first-order valence-corrected chi connectivity index (χ1v) is 7.28. The molecule has 0 saturated carbocycles. The van der Waals surface area contributed by atoms with Crippen molar-refractivity contribution in [3.8, 4) is 0 Å². The van der Waals surface area contributed by atoms with E-state index in [1.54, 1.807) is 17.8 Å². The summed E-state index contributed by atoms with van der Waals surface area (Å²) < 4.78 is 4.71. The lowest BCUT2D eigenvalue weighted by Crippen LogP contribution is -2.20. The number of aliphatic imine (C=N–C) groups is 1. The van der Waals surface area contributed by atoms with E-state index in [9.17, 15) is 4.79 Å². The number of esters is 1. The topological polar surface area (TPSA) is 50.7 Å². The number of methoxy groups -OCH3 is 1. The SMILES string of the molecule is CCN=C(NCC)SCc1cccc(C(=O)OC)c1. The van der Waals surface area contributed by atoms with Gasteiger partial charge in [0.05, 0.1) is 12.7 Å². The van der Waals surface area contributed by atoms with E-state index < -0.39 is 0 Å². The highest BCUT2D eigenvalue weighted by atomic mass is 32.2. The average Bonchev–Trinajstić information content (AvgIpc) is 2.44. The van der Waals surface area contributed by atoms with E-state index >= 15 is 0 Å². The Hall–Kier alpha value is -1.49. The molecular weight excluding hydrogens is 260 g/mol. The largest absolute Gasteiger partial charge is 0.465 e. The van der Waals surface area contributed by atoms with Crippen LogP contribution >= 0.6 is 11.8 Å². The van der Waals surface area contributed by atoms with Crippen LogP contribution in [0.15, 0.2) is 29.3 Å². The highest BCUT2D eigenvalue weighted by molar-refractivity contribution is 8.13. The van der Waals surface area contributed by atoms with E-state index in [-0.39, 0.29) is 5.97 Å². The molecular formula is C14H20N2O2S. The number of hydrogen-bond acceptors (Lipinski definition) is 4. The van der Waals surface area contributed by atoms with Crippen molar-refractivity contribution >= 4 is 22.9 Å². The maximum atomic E-state index is 11.4. The molecule has 19 heavy (non-hydrogen) atoms. The molecule has 0 amide bonds.